The van der Waals surface area contributed by atoms with Crippen LogP contribution in [-0.4, -0.2) is 41.1 Å². The molecule has 1 aliphatic heterocycles. The number of likely N-dealkylation sites (tertiary alicyclic amines) is 1. The Morgan fingerprint density at radius 1 is 1.50 bits per heavy atom. The van der Waals surface area contributed by atoms with Crippen molar-refractivity contribution in [1.82, 2.24) is 4.90 Å². The number of hydrogen-bond acceptors (Lipinski definition) is 3. The minimum Gasteiger partial charge on any atom is -0.393 e. The van der Waals surface area contributed by atoms with Gasteiger partial charge in [0.05, 0.1) is 12.1 Å². The topological polar surface area (TPSA) is 66.6 Å². The van der Waals surface area contributed by atoms with Crippen molar-refractivity contribution in [3.63, 3.8) is 0 Å². The smallest absolute Gasteiger partial charge is 0.239 e. The fourth-order valence-electron chi connectivity index (χ4n) is 2.27. The molecule has 1 aliphatic rings. The third kappa shape index (κ3) is 3.46. The second kappa shape index (κ2) is 6.21. The highest BCUT2D eigenvalue weighted by Crippen LogP contribution is 2.21. The van der Waals surface area contributed by atoms with Gasteiger partial charge in [0.1, 0.15) is 0 Å². The van der Waals surface area contributed by atoms with Crippen molar-refractivity contribution in [3.05, 3.63) is 0 Å². The summed E-state index contributed by atoms with van der Waals surface area (Å²) in [5, 5.41) is 9.47. The van der Waals surface area contributed by atoms with E-state index >= 15 is 0 Å². The predicted octanol–water partition coefficient (Wildman–Crippen LogP) is 0.733. The van der Waals surface area contributed by atoms with Crippen molar-refractivity contribution in [2.75, 3.05) is 13.1 Å². The Morgan fingerprint density at radius 3 is 2.50 bits per heavy atom. The molecule has 1 fully saturated rings. The fraction of sp³-hybridized carbons (Fsp3) is 0.917. The van der Waals surface area contributed by atoms with Gasteiger partial charge in [0.15, 0.2) is 0 Å². The summed E-state index contributed by atoms with van der Waals surface area (Å²) in [4.78, 5) is 13.7. The van der Waals surface area contributed by atoms with E-state index in [-0.39, 0.29) is 18.1 Å². The quantitative estimate of drug-likeness (QED) is 0.745. The minimum atomic E-state index is -0.340. The average Bonchev–Trinajstić information content (AvgIpc) is 2.28. The van der Waals surface area contributed by atoms with E-state index in [0.29, 0.717) is 5.92 Å². The molecule has 1 amide bonds. The number of aliphatic hydroxyl groups excluding tert-OH is 1. The molecule has 0 radical (unpaired) electrons. The second-order valence-electron chi connectivity index (χ2n) is 4.80. The molecular weight excluding hydrogens is 204 g/mol. The van der Waals surface area contributed by atoms with Crippen molar-refractivity contribution >= 4 is 5.91 Å². The predicted molar refractivity (Wildman–Crippen MR) is 63.9 cm³/mol. The summed E-state index contributed by atoms with van der Waals surface area (Å²) in [6, 6.07) is -0.340. The third-order valence-electron chi connectivity index (χ3n) is 3.45. The van der Waals surface area contributed by atoms with E-state index in [0.717, 1.165) is 38.8 Å². The van der Waals surface area contributed by atoms with Crippen molar-refractivity contribution in [2.45, 2.75) is 51.7 Å². The molecule has 0 aromatic rings. The summed E-state index contributed by atoms with van der Waals surface area (Å²) in [6.07, 6.45) is 3.22. The number of aliphatic hydroxyl groups is 1. The van der Waals surface area contributed by atoms with Gasteiger partial charge in [-0.05, 0) is 32.1 Å². The molecule has 0 aliphatic carbocycles. The molecule has 1 rings (SSSR count). The van der Waals surface area contributed by atoms with Crippen molar-refractivity contribution in [3.8, 4) is 0 Å². The number of rotatable bonds is 4. The monoisotopic (exact) mass is 228 g/mol. The Morgan fingerprint density at radius 2 is 2.06 bits per heavy atom. The van der Waals surface area contributed by atoms with E-state index in [1.165, 1.54) is 0 Å². The largest absolute Gasteiger partial charge is 0.393 e. The van der Waals surface area contributed by atoms with Gasteiger partial charge in [-0.15, -0.1) is 0 Å². The first-order valence-corrected chi connectivity index (χ1v) is 6.28. The molecule has 1 heterocycles. The van der Waals surface area contributed by atoms with Crippen LogP contribution in [0.3, 0.4) is 0 Å². The van der Waals surface area contributed by atoms with Crippen LogP contribution in [0.25, 0.3) is 0 Å². The van der Waals surface area contributed by atoms with Crippen LogP contribution >= 0.6 is 0 Å². The van der Waals surface area contributed by atoms with E-state index in [1.54, 1.807) is 0 Å². The van der Waals surface area contributed by atoms with Crippen LogP contribution in [0.15, 0.2) is 0 Å². The SMILES string of the molecule is CCC[C@H](N)C(=O)N1CCC(C(C)O)CC1. The number of nitrogens with two attached hydrogens (primary N) is 1. The lowest BCUT2D eigenvalue weighted by molar-refractivity contribution is -0.134. The highest BCUT2D eigenvalue weighted by Gasteiger charge is 2.27. The third-order valence-corrected chi connectivity index (χ3v) is 3.45. The standard InChI is InChI=1S/C12H24N2O2/c1-3-4-11(13)12(16)14-7-5-10(6-8-14)9(2)15/h9-11,15H,3-8,13H2,1-2H3/t9?,11-/m0/s1. The second-order valence-corrected chi connectivity index (χ2v) is 4.80. The van der Waals surface area contributed by atoms with Crippen molar-refractivity contribution in [1.29, 1.82) is 0 Å². The Bertz CT molecular complexity index is 223. The molecule has 94 valence electrons. The molecule has 1 unspecified atom stereocenters. The van der Waals surface area contributed by atoms with Crippen molar-refractivity contribution < 1.29 is 9.90 Å². The Labute approximate surface area is 97.8 Å². The van der Waals surface area contributed by atoms with E-state index < -0.39 is 0 Å². The average molecular weight is 228 g/mol. The van der Waals surface area contributed by atoms with Crippen LogP contribution in [0.1, 0.15) is 39.5 Å². The zero-order valence-electron chi connectivity index (χ0n) is 10.4. The van der Waals surface area contributed by atoms with Gasteiger partial charge in [0.25, 0.3) is 0 Å². The molecule has 0 bridgehead atoms. The summed E-state index contributed by atoms with van der Waals surface area (Å²) in [5.41, 5.74) is 5.81. The molecular formula is C12H24N2O2. The molecule has 0 aromatic carbocycles. The molecule has 0 saturated carbocycles. The number of carbonyl (C=O) groups excluding carboxylic acids is 1. The number of piperidine rings is 1. The molecule has 16 heavy (non-hydrogen) atoms. The molecule has 2 atom stereocenters. The normalized spacial score (nSPS) is 21.9. The number of nitrogens with zero attached hydrogens (tertiary/aromatic N) is 1. The maximum Gasteiger partial charge on any atom is 0.239 e. The minimum absolute atomic E-state index is 0.0749. The van der Waals surface area contributed by atoms with E-state index in [2.05, 4.69) is 0 Å². The van der Waals surface area contributed by atoms with Gasteiger partial charge in [-0.2, -0.15) is 0 Å². The Balaban J connectivity index is 2.38. The van der Waals surface area contributed by atoms with Crippen LogP contribution < -0.4 is 5.73 Å². The maximum absolute atomic E-state index is 11.9. The molecule has 0 spiro atoms. The molecule has 1 saturated heterocycles. The highest BCUT2D eigenvalue weighted by molar-refractivity contribution is 5.81. The first kappa shape index (κ1) is 13.5. The van der Waals surface area contributed by atoms with Gasteiger partial charge in [0.2, 0.25) is 5.91 Å². The van der Waals surface area contributed by atoms with Gasteiger partial charge < -0.3 is 15.7 Å². The van der Waals surface area contributed by atoms with Crippen LogP contribution in [0, 0.1) is 5.92 Å². The first-order valence-electron chi connectivity index (χ1n) is 6.28. The van der Waals surface area contributed by atoms with Crippen LogP contribution in [0.2, 0.25) is 0 Å². The summed E-state index contributed by atoms with van der Waals surface area (Å²) >= 11 is 0. The molecule has 0 aromatic heterocycles. The number of hydrogen-bond donors (Lipinski definition) is 2. The van der Waals surface area contributed by atoms with E-state index in [4.69, 9.17) is 5.73 Å². The van der Waals surface area contributed by atoms with Gasteiger partial charge >= 0.3 is 0 Å². The van der Waals surface area contributed by atoms with E-state index in [1.807, 2.05) is 18.7 Å². The van der Waals surface area contributed by atoms with Crippen LogP contribution in [0.4, 0.5) is 0 Å². The van der Waals surface area contributed by atoms with Gasteiger partial charge in [-0.1, -0.05) is 13.3 Å². The summed E-state index contributed by atoms with van der Waals surface area (Å²) in [5.74, 6) is 0.414. The van der Waals surface area contributed by atoms with Gasteiger partial charge in [-0.3, -0.25) is 4.79 Å². The lowest BCUT2D eigenvalue weighted by atomic mass is 9.92. The molecule has 3 N–H and O–H groups in total. The summed E-state index contributed by atoms with van der Waals surface area (Å²) in [7, 11) is 0. The zero-order chi connectivity index (χ0) is 12.1. The lowest BCUT2D eigenvalue weighted by Crippen LogP contribution is -2.48. The Kier molecular flexibility index (Phi) is 5.22. The zero-order valence-corrected chi connectivity index (χ0v) is 10.4. The number of carbonyl (C=O) groups is 1. The first-order chi connectivity index (χ1) is 7.56. The summed E-state index contributed by atoms with van der Waals surface area (Å²) in [6.45, 7) is 5.34. The Hall–Kier alpha value is -0.610. The lowest BCUT2D eigenvalue weighted by Gasteiger charge is -2.34. The molecule has 4 heteroatoms. The van der Waals surface area contributed by atoms with Crippen molar-refractivity contribution in [2.24, 2.45) is 11.7 Å². The van der Waals surface area contributed by atoms with Gasteiger partial charge in [0, 0.05) is 13.1 Å². The summed E-state index contributed by atoms with van der Waals surface area (Å²) < 4.78 is 0. The van der Waals surface area contributed by atoms with E-state index in [9.17, 15) is 9.90 Å². The van der Waals surface area contributed by atoms with Gasteiger partial charge in [-0.25, -0.2) is 0 Å². The molecule has 4 nitrogen and oxygen atoms in total. The number of amides is 1. The van der Waals surface area contributed by atoms with Crippen LogP contribution in [-0.2, 0) is 4.79 Å². The highest BCUT2D eigenvalue weighted by atomic mass is 16.3. The van der Waals surface area contributed by atoms with Crippen LogP contribution in [0.5, 0.6) is 0 Å². The maximum atomic E-state index is 11.9. The fourth-order valence-corrected chi connectivity index (χ4v) is 2.27.